The molecule has 2 N–H and O–H groups in total. The maximum Gasteiger partial charge on any atom is 0.252 e. The number of aliphatic hydroxyl groups is 1. The predicted molar refractivity (Wildman–Crippen MR) is 117 cm³/mol. The highest BCUT2D eigenvalue weighted by Crippen LogP contribution is 2.42. The van der Waals surface area contributed by atoms with E-state index in [0.29, 0.717) is 19.0 Å². The molecule has 5 nitrogen and oxygen atoms in total. The number of rotatable bonds is 6. The van der Waals surface area contributed by atoms with E-state index in [0.717, 1.165) is 11.4 Å². The fraction of sp³-hybridized carbons (Fsp3) is 0.652. The molecule has 0 aliphatic carbocycles. The molecule has 29 heavy (non-hydrogen) atoms. The minimum absolute atomic E-state index is 0.0730. The molecule has 0 aromatic heterocycles. The molecule has 1 saturated heterocycles. The molecule has 1 aliphatic rings. The molecule has 0 radical (unpaired) electrons. The van der Waals surface area contributed by atoms with Crippen molar-refractivity contribution >= 4 is 23.4 Å². The molecule has 0 spiro atoms. The summed E-state index contributed by atoms with van der Waals surface area (Å²) in [5.41, 5.74) is -0.351. The lowest BCUT2D eigenvalue weighted by Gasteiger charge is -2.46. The van der Waals surface area contributed by atoms with E-state index in [4.69, 9.17) is 11.6 Å². The maximum atomic E-state index is 13.3. The number of piperidine rings is 1. The van der Waals surface area contributed by atoms with Crippen LogP contribution in [0.4, 0.5) is 0 Å². The number of halogens is 1. The Morgan fingerprint density at radius 3 is 2.38 bits per heavy atom. The summed E-state index contributed by atoms with van der Waals surface area (Å²) in [7, 11) is 0. The van der Waals surface area contributed by atoms with Gasteiger partial charge in [-0.15, -0.1) is 0 Å². The van der Waals surface area contributed by atoms with Crippen LogP contribution in [-0.4, -0.2) is 46.6 Å². The quantitative estimate of drug-likeness (QED) is 0.728. The van der Waals surface area contributed by atoms with Crippen LogP contribution in [0, 0.1) is 11.3 Å². The van der Waals surface area contributed by atoms with Gasteiger partial charge in [-0.1, -0.05) is 58.4 Å². The number of nitrogens with zero attached hydrogens (tertiary/aromatic N) is 1. The van der Waals surface area contributed by atoms with Gasteiger partial charge in [-0.3, -0.25) is 9.59 Å². The zero-order chi connectivity index (χ0) is 22.0. The number of hydrogen-bond acceptors (Lipinski definition) is 3. The fourth-order valence-corrected chi connectivity index (χ4v) is 4.15. The van der Waals surface area contributed by atoms with Crippen molar-refractivity contribution in [3.8, 4) is 0 Å². The summed E-state index contributed by atoms with van der Waals surface area (Å²) < 4.78 is 0. The average molecular weight is 423 g/mol. The third-order valence-corrected chi connectivity index (χ3v) is 6.46. The van der Waals surface area contributed by atoms with Gasteiger partial charge < -0.3 is 15.3 Å². The van der Waals surface area contributed by atoms with Gasteiger partial charge in [0, 0.05) is 18.1 Å². The van der Waals surface area contributed by atoms with Crippen LogP contribution < -0.4 is 5.32 Å². The Kier molecular flexibility index (Phi) is 7.39. The Morgan fingerprint density at radius 2 is 1.90 bits per heavy atom. The highest BCUT2D eigenvalue weighted by atomic mass is 35.5. The average Bonchev–Trinajstić information content (AvgIpc) is 2.65. The van der Waals surface area contributed by atoms with E-state index in [9.17, 15) is 14.7 Å². The van der Waals surface area contributed by atoms with E-state index < -0.39 is 17.6 Å². The van der Waals surface area contributed by atoms with Crippen LogP contribution in [-0.2, 0) is 9.59 Å². The smallest absolute Gasteiger partial charge is 0.252 e. The number of hydrogen-bond donors (Lipinski definition) is 2. The Balaban J connectivity index is 2.14. The van der Waals surface area contributed by atoms with Crippen molar-refractivity contribution < 1.29 is 14.7 Å². The van der Waals surface area contributed by atoms with Crippen LogP contribution in [0.2, 0.25) is 5.02 Å². The highest BCUT2D eigenvalue weighted by Gasteiger charge is 2.41. The van der Waals surface area contributed by atoms with E-state index in [-0.39, 0.29) is 23.7 Å². The molecule has 1 fully saturated rings. The Labute approximate surface area is 179 Å². The Morgan fingerprint density at radius 1 is 1.31 bits per heavy atom. The second-order valence-electron chi connectivity index (χ2n) is 9.46. The monoisotopic (exact) mass is 422 g/mol. The van der Waals surface area contributed by atoms with Gasteiger partial charge in [-0.05, 0) is 54.7 Å². The molecule has 0 bridgehead atoms. The van der Waals surface area contributed by atoms with Gasteiger partial charge in [0.15, 0.2) is 0 Å². The van der Waals surface area contributed by atoms with Crippen LogP contribution in [0.3, 0.4) is 0 Å². The molecular weight excluding hydrogens is 388 g/mol. The lowest BCUT2D eigenvalue weighted by Crippen LogP contribution is -2.58. The number of carbonyl (C=O) groups is 2. The summed E-state index contributed by atoms with van der Waals surface area (Å²) in [6.45, 7) is 12.7. The summed E-state index contributed by atoms with van der Waals surface area (Å²) in [5.74, 6) is -0.321. The van der Waals surface area contributed by atoms with E-state index in [2.05, 4.69) is 31.3 Å². The first-order chi connectivity index (χ1) is 13.4. The zero-order valence-corrected chi connectivity index (χ0v) is 19.2. The largest absolute Gasteiger partial charge is 0.380 e. The van der Waals surface area contributed by atoms with Crippen molar-refractivity contribution in [2.45, 2.75) is 71.9 Å². The summed E-state index contributed by atoms with van der Waals surface area (Å²) in [5, 5.41) is 13.7. The molecule has 1 unspecified atom stereocenters. The van der Waals surface area contributed by atoms with Crippen molar-refractivity contribution in [3.05, 3.63) is 34.9 Å². The molecule has 3 atom stereocenters. The first-order valence-corrected chi connectivity index (χ1v) is 10.8. The molecule has 2 amide bonds. The number of carbonyl (C=O) groups excluding carboxylic acids is 2. The minimum atomic E-state index is -1.48. The minimum Gasteiger partial charge on any atom is -0.380 e. The second-order valence-corrected chi connectivity index (χ2v) is 9.90. The standard InChI is InChI=1S/C23H35ClN2O3/c1-7-23(6,29)21(28)25-19(15(2)3)20(27)26-13-12-18(22(4,5)14-26)16-8-10-17(24)11-9-16/h8-11,15,18-19,29H,7,12-14H2,1-6H3,(H,25,28)/t18-,19-,23?/m1/s1. The van der Waals surface area contributed by atoms with Gasteiger partial charge in [0.1, 0.15) is 11.6 Å². The number of benzene rings is 1. The van der Waals surface area contributed by atoms with E-state index >= 15 is 0 Å². The fourth-order valence-electron chi connectivity index (χ4n) is 4.03. The van der Waals surface area contributed by atoms with E-state index in [1.807, 2.05) is 30.9 Å². The number of nitrogens with one attached hydrogen (secondary N) is 1. The van der Waals surface area contributed by atoms with Gasteiger partial charge in [0.2, 0.25) is 5.91 Å². The summed E-state index contributed by atoms with van der Waals surface area (Å²) in [6, 6.07) is 7.30. The normalized spacial score (nSPS) is 22.1. The third-order valence-electron chi connectivity index (χ3n) is 6.21. The van der Waals surface area contributed by atoms with Crippen molar-refractivity contribution in [2.75, 3.05) is 13.1 Å². The molecule has 1 aromatic carbocycles. The summed E-state index contributed by atoms with van der Waals surface area (Å²) in [4.78, 5) is 27.6. The van der Waals surface area contributed by atoms with E-state index in [1.54, 1.807) is 6.92 Å². The zero-order valence-electron chi connectivity index (χ0n) is 18.5. The van der Waals surface area contributed by atoms with Crippen LogP contribution in [0.25, 0.3) is 0 Å². The molecule has 0 saturated carbocycles. The topological polar surface area (TPSA) is 69.6 Å². The van der Waals surface area contributed by atoms with Crippen LogP contribution in [0.5, 0.6) is 0 Å². The third kappa shape index (κ3) is 5.52. The van der Waals surface area contributed by atoms with Gasteiger partial charge in [0.25, 0.3) is 5.91 Å². The van der Waals surface area contributed by atoms with Crippen molar-refractivity contribution in [3.63, 3.8) is 0 Å². The molecule has 1 aromatic rings. The molecule has 162 valence electrons. The van der Waals surface area contributed by atoms with Crippen molar-refractivity contribution in [1.29, 1.82) is 0 Å². The van der Waals surface area contributed by atoms with E-state index in [1.165, 1.54) is 12.5 Å². The van der Waals surface area contributed by atoms with Crippen LogP contribution >= 0.6 is 11.6 Å². The lowest BCUT2D eigenvalue weighted by molar-refractivity contribution is -0.146. The molecule has 1 heterocycles. The SMILES string of the molecule is CCC(C)(O)C(=O)N[C@@H](C(=O)N1CC[C@H](c2ccc(Cl)cc2)C(C)(C)C1)C(C)C. The van der Waals surface area contributed by atoms with Gasteiger partial charge in [-0.2, -0.15) is 0 Å². The lowest BCUT2D eigenvalue weighted by atomic mass is 9.70. The van der Waals surface area contributed by atoms with Crippen LogP contribution in [0.1, 0.15) is 65.9 Å². The Hall–Kier alpha value is -1.59. The predicted octanol–water partition coefficient (Wildman–Crippen LogP) is 3.98. The first-order valence-electron chi connectivity index (χ1n) is 10.5. The Bertz CT molecular complexity index is 728. The van der Waals surface area contributed by atoms with Gasteiger partial charge >= 0.3 is 0 Å². The van der Waals surface area contributed by atoms with Gasteiger partial charge in [0.05, 0.1) is 0 Å². The summed E-state index contributed by atoms with van der Waals surface area (Å²) in [6.07, 6.45) is 1.14. The molecule has 6 heteroatoms. The van der Waals surface area contributed by atoms with Crippen LogP contribution in [0.15, 0.2) is 24.3 Å². The summed E-state index contributed by atoms with van der Waals surface area (Å²) >= 11 is 6.03. The highest BCUT2D eigenvalue weighted by molar-refractivity contribution is 6.30. The van der Waals surface area contributed by atoms with Crippen molar-refractivity contribution in [2.24, 2.45) is 11.3 Å². The molecular formula is C23H35ClN2O3. The first kappa shape index (κ1) is 23.7. The second kappa shape index (κ2) is 9.05. The van der Waals surface area contributed by atoms with Gasteiger partial charge in [-0.25, -0.2) is 0 Å². The maximum absolute atomic E-state index is 13.3. The number of likely N-dealkylation sites (tertiary alicyclic amines) is 1. The van der Waals surface area contributed by atoms with Crippen molar-refractivity contribution in [1.82, 2.24) is 10.2 Å². The molecule has 1 aliphatic heterocycles. The molecule has 2 rings (SSSR count). The number of amides is 2.